The van der Waals surface area contributed by atoms with E-state index in [1.54, 1.807) is 4.90 Å². The number of likely N-dealkylation sites (tertiary alicyclic amines) is 1. The molecule has 2 heterocycles. The molecule has 0 aromatic rings. The fraction of sp³-hybridized carbons (Fsp3) is 0.857. The minimum Gasteiger partial charge on any atom is -0.444 e. The third-order valence-corrected chi connectivity index (χ3v) is 4.04. The molecule has 0 spiro atoms. The van der Waals surface area contributed by atoms with Crippen molar-refractivity contribution >= 4 is 12.0 Å². The normalized spacial score (nSPS) is 31.5. The first kappa shape index (κ1) is 14.2. The Bertz CT molecular complexity index is 389. The lowest BCUT2D eigenvalue weighted by atomic mass is 9.84. The Morgan fingerprint density at radius 3 is 2.68 bits per heavy atom. The van der Waals surface area contributed by atoms with E-state index in [0.29, 0.717) is 25.4 Å². The van der Waals surface area contributed by atoms with E-state index >= 15 is 0 Å². The molecule has 0 bridgehead atoms. The Labute approximate surface area is 114 Å². The summed E-state index contributed by atoms with van der Waals surface area (Å²) in [6.45, 7) is 9.09. The zero-order valence-corrected chi connectivity index (χ0v) is 12.3. The Morgan fingerprint density at radius 2 is 2.16 bits per heavy atom. The molecule has 0 saturated carbocycles. The number of carbonyl (C=O) groups excluding carboxylic acids is 2. The molecule has 2 rings (SSSR count). The van der Waals surface area contributed by atoms with E-state index < -0.39 is 5.60 Å². The fourth-order valence-corrected chi connectivity index (χ4v) is 2.90. The second-order valence-corrected chi connectivity index (χ2v) is 6.88. The van der Waals surface area contributed by atoms with Crippen LogP contribution in [0.4, 0.5) is 4.79 Å². The first-order valence-corrected chi connectivity index (χ1v) is 6.98. The zero-order valence-electron chi connectivity index (χ0n) is 12.3. The van der Waals surface area contributed by atoms with Crippen molar-refractivity contribution in [3.05, 3.63) is 0 Å². The van der Waals surface area contributed by atoms with Crippen LogP contribution in [-0.2, 0) is 9.53 Å². The molecule has 2 aliphatic heterocycles. The summed E-state index contributed by atoms with van der Waals surface area (Å²) in [6, 6.07) is 0. The molecule has 5 nitrogen and oxygen atoms in total. The van der Waals surface area contributed by atoms with E-state index in [-0.39, 0.29) is 17.5 Å². The van der Waals surface area contributed by atoms with Crippen LogP contribution in [0.5, 0.6) is 0 Å². The van der Waals surface area contributed by atoms with Crippen molar-refractivity contribution in [3.63, 3.8) is 0 Å². The van der Waals surface area contributed by atoms with Crippen LogP contribution in [0.1, 0.15) is 47.0 Å². The maximum absolute atomic E-state index is 12.0. The van der Waals surface area contributed by atoms with E-state index in [2.05, 4.69) is 12.2 Å². The van der Waals surface area contributed by atoms with Gasteiger partial charge in [-0.3, -0.25) is 4.79 Å². The molecule has 0 radical (unpaired) electrons. The summed E-state index contributed by atoms with van der Waals surface area (Å²) in [5.74, 6) is 0.449. The van der Waals surface area contributed by atoms with Crippen molar-refractivity contribution in [2.45, 2.75) is 58.1 Å². The molecule has 2 unspecified atom stereocenters. The number of carbonyl (C=O) groups is 2. The van der Waals surface area contributed by atoms with Gasteiger partial charge in [-0.25, -0.2) is 4.79 Å². The molecular weight excluding hydrogens is 244 g/mol. The maximum atomic E-state index is 12.0. The van der Waals surface area contributed by atoms with Gasteiger partial charge in [0.1, 0.15) is 5.60 Å². The van der Waals surface area contributed by atoms with Gasteiger partial charge in [0.05, 0.1) is 0 Å². The molecule has 2 amide bonds. The third-order valence-electron chi connectivity index (χ3n) is 4.04. The SMILES string of the molecule is CC(C)(C)OC(=O)N1CCC(C2(C)CCC(=O)N2)C1. The maximum Gasteiger partial charge on any atom is 0.410 e. The van der Waals surface area contributed by atoms with Gasteiger partial charge in [-0.2, -0.15) is 0 Å². The zero-order chi connectivity index (χ0) is 14.3. The lowest BCUT2D eigenvalue weighted by molar-refractivity contribution is -0.120. The van der Waals surface area contributed by atoms with Gasteiger partial charge in [-0.15, -0.1) is 0 Å². The highest BCUT2D eigenvalue weighted by molar-refractivity contribution is 5.79. The number of hydrogen-bond acceptors (Lipinski definition) is 3. The Balaban J connectivity index is 1.93. The molecule has 0 aromatic heterocycles. The van der Waals surface area contributed by atoms with Gasteiger partial charge >= 0.3 is 6.09 Å². The van der Waals surface area contributed by atoms with Gasteiger partial charge in [0.15, 0.2) is 0 Å². The van der Waals surface area contributed by atoms with E-state index in [4.69, 9.17) is 4.74 Å². The van der Waals surface area contributed by atoms with Crippen LogP contribution in [0.15, 0.2) is 0 Å². The van der Waals surface area contributed by atoms with Crippen molar-refractivity contribution in [1.29, 1.82) is 0 Å². The highest BCUT2D eigenvalue weighted by Gasteiger charge is 2.44. The van der Waals surface area contributed by atoms with Gasteiger partial charge in [-0.05, 0) is 40.5 Å². The summed E-state index contributed by atoms with van der Waals surface area (Å²) in [7, 11) is 0. The number of ether oxygens (including phenoxy) is 1. The number of amides is 2. The van der Waals surface area contributed by atoms with Crippen LogP contribution < -0.4 is 5.32 Å². The monoisotopic (exact) mass is 268 g/mol. The summed E-state index contributed by atoms with van der Waals surface area (Å²) < 4.78 is 5.39. The van der Waals surface area contributed by atoms with E-state index in [9.17, 15) is 9.59 Å². The third kappa shape index (κ3) is 3.19. The predicted octanol–water partition coefficient (Wildman–Crippen LogP) is 1.91. The van der Waals surface area contributed by atoms with Gasteiger partial charge in [0, 0.05) is 31.0 Å². The van der Waals surface area contributed by atoms with Crippen LogP contribution in [0.2, 0.25) is 0 Å². The van der Waals surface area contributed by atoms with E-state index in [1.807, 2.05) is 20.8 Å². The number of nitrogens with zero attached hydrogens (tertiary/aromatic N) is 1. The average molecular weight is 268 g/mol. The second-order valence-electron chi connectivity index (χ2n) is 6.88. The number of hydrogen-bond donors (Lipinski definition) is 1. The van der Waals surface area contributed by atoms with Crippen LogP contribution in [0, 0.1) is 5.92 Å². The lowest BCUT2D eigenvalue weighted by Crippen LogP contribution is -2.47. The highest BCUT2D eigenvalue weighted by Crippen LogP contribution is 2.34. The molecule has 0 aromatic carbocycles. The van der Waals surface area contributed by atoms with Crippen molar-refractivity contribution in [2.24, 2.45) is 5.92 Å². The van der Waals surface area contributed by atoms with Crippen LogP contribution >= 0.6 is 0 Å². The van der Waals surface area contributed by atoms with Crippen LogP contribution in [0.25, 0.3) is 0 Å². The van der Waals surface area contributed by atoms with Gasteiger partial charge in [-0.1, -0.05) is 0 Å². The Hall–Kier alpha value is -1.26. The predicted molar refractivity (Wildman–Crippen MR) is 71.7 cm³/mol. The molecular formula is C14H24N2O3. The van der Waals surface area contributed by atoms with Gasteiger partial charge in [0.25, 0.3) is 0 Å². The molecule has 108 valence electrons. The summed E-state index contributed by atoms with van der Waals surface area (Å²) in [5, 5.41) is 3.06. The van der Waals surface area contributed by atoms with Gasteiger partial charge < -0.3 is 15.0 Å². The lowest BCUT2D eigenvalue weighted by Gasteiger charge is -2.31. The van der Waals surface area contributed by atoms with Crippen molar-refractivity contribution in [1.82, 2.24) is 10.2 Å². The summed E-state index contributed by atoms with van der Waals surface area (Å²) >= 11 is 0. The van der Waals surface area contributed by atoms with Crippen molar-refractivity contribution < 1.29 is 14.3 Å². The summed E-state index contributed by atoms with van der Waals surface area (Å²) in [5.41, 5.74) is -0.617. The minimum atomic E-state index is -0.458. The molecule has 2 aliphatic rings. The van der Waals surface area contributed by atoms with Crippen molar-refractivity contribution in [3.8, 4) is 0 Å². The molecule has 1 N–H and O–H groups in total. The minimum absolute atomic E-state index is 0.123. The fourth-order valence-electron chi connectivity index (χ4n) is 2.90. The van der Waals surface area contributed by atoms with E-state index in [1.165, 1.54) is 0 Å². The first-order valence-electron chi connectivity index (χ1n) is 6.98. The standard InChI is InChI=1S/C14H24N2O3/c1-13(2,3)19-12(18)16-8-6-10(9-16)14(4)7-5-11(17)15-14/h10H,5-9H2,1-4H3,(H,15,17). The Morgan fingerprint density at radius 1 is 1.47 bits per heavy atom. The summed E-state index contributed by atoms with van der Waals surface area (Å²) in [4.78, 5) is 25.2. The molecule has 5 heteroatoms. The smallest absolute Gasteiger partial charge is 0.410 e. The average Bonchev–Trinajstić information content (AvgIpc) is 2.83. The number of nitrogens with one attached hydrogen (secondary N) is 1. The Kier molecular flexibility index (Phi) is 3.49. The topological polar surface area (TPSA) is 58.6 Å². The number of rotatable bonds is 1. The first-order chi connectivity index (χ1) is 8.70. The van der Waals surface area contributed by atoms with Gasteiger partial charge in [0.2, 0.25) is 5.91 Å². The highest BCUT2D eigenvalue weighted by atomic mass is 16.6. The van der Waals surface area contributed by atoms with Crippen LogP contribution in [-0.4, -0.2) is 41.1 Å². The molecule has 2 fully saturated rings. The molecule has 2 atom stereocenters. The largest absolute Gasteiger partial charge is 0.444 e. The molecule has 2 saturated heterocycles. The second kappa shape index (κ2) is 4.69. The quantitative estimate of drug-likeness (QED) is 0.790. The molecule has 19 heavy (non-hydrogen) atoms. The van der Waals surface area contributed by atoms with Crippen LogP contribution in [0.3, 0.4) is 0 Å². The van der Waals surface area contributed by atoms with E-state index in [0.717, 1.165) is 12.8 Å². The summed E-state index contributed by atoms with van der Waals surface area (Å²) in [6.07, 6.45) is 2.14. The molecule has 0 aliphatic carbocycles. The van der Waals surface area contributed by atoms with Crippen molar-refractivity contribution in [2.75, 3.05) is 13.1 Å².